The molecule has 166 valence electrons. The van der Waals surface area contributed by atoms with E-state index in [-0.39, 0.29) is 0 Å². The quantitative estimate of drug-likeness (QED) is 0.268. The summed E-state index contributed by atoms with van der Waals surface area (Å²) in [4.78, 5) is 4.86. The van der Waals surface area contributed by atoms with Gasteiger partial charge in [-0.25, -0.2) is 0 Å². The van der Waals surface area contributed by atoms with Gasteiger partial charge in [0.1, 0.15) is 0 Å². The molecule has 0 bridgehead atoms. The minimum Gasteiger partial charge on any atom is -0.261 e. The zero-order chi connectivity index (χ0) is 20.7. The molecule has 0 N–H and O–H groups in total. The van der Waals surface area contributed by atoms with Gasteiger partial charge >= 0.3 is 0 Å². The Bertz CT molecular complexity index is 498. The fourth-order valence-electron chi connectivity index (χ4n) is 4.99. The minimum absolute atomic E-state index is 0.723. The van der Waals surface area contributed by atoms with Gasteiger partial charge in [-0.3, -0.25) is 4.98 Å². The maximum Gasteiger partial charge on any atom is 0.0434 e. The van der Waals surface area contributed by atoms with Crippen molar-refractivity contribution in [3.63, 3.8) is 0 Å². The lowest BCUT2D eigenvalue weighted by molar-refractivity contribution is 0.298. The number of unbranched alkanes of at least 4 members (excludes halogenated alkanes) is 7. The van der Waals surface area contributed by atoms with E-state index in [0.717, 1.165) is 17.8 Å². The van der Waals surface area contributed by atoms with E-state index >= 15 is 0 Å². The molecule has 1 aliphatic rings. The SMILES string of the molecule is CCCCCCCc1ccc([C@H]2CC[C@H](CCCCCC[C@@H](C)CC)CC2)nc1. The zero-order valence-electron chi connectivity index (χ0n) is 19.9. The Kier molecular flexibility index (Phi) is 12.7. The van der Waals surface area contributed by atoms with Crippen molar-refractivity contribution in [2.24, 2.45) is 11.8 Å². The Labute approximate surface area is 182 Å². The highest BCUT2D eigenvalue weighted by atomic mass is 14.7. The van der Waals surface area contributed by atoms with E-state index in [1.807, 2.05) is 0 Å². The average Bonchev–Trinajstić information content (AvgIpc) is 2.76. The molecular formula is C28H49N. The van der Waals surface area contributed by atoms with Gasteiger partial charge in [0, 0.05) is 17.8 Å². The Balaban J connectivity index is 1.56. The molecule has 1 heterocycles. The highest BCUT2D eigenvalue weighted by molar-refractivity contribution is 5.17. The molecule has 0 aliphatic heterocycles. The van der Waals surface area contributed by atoms with Crippen molar-refractivity contribution in [3.8, 4) is 0 Å². The van der Waals surface area contributed by atoms with Crippen LogP contribution >= 0.6 is 0 Å². The molecule has 1 aromatic heterocycles. The largest absolute Gasteiger partial charge is 0.261 e. The van der Waals surface area contributed by atoms with Gasteiger partial charge in [0.05, 0.1) is 0 Å². The summed E-state index contributed by atoms with van der Waals surface area (Å²) in [6.45, 7) is 7.00. The fourth-order valence-corrected chi connectivity index (χ4v) is 4.99. The predicted molar refractivity (Wildman–Crippen MR) is 129 cm³/mol. The lowest BCUT2D eigenvalue weighted by atomic mass is 9.78. The highest BCUT2D eigenvalue weighted by Gasteiger charge is 2.22. The van der Waals surface area contributed by atoms with Crippen molar-refractivity contribution in [3.05, 3.63) is 29.6 Å². The molecule has 0 amide bonds. The summed E-state index contributed by atoms with van der Waals surface area (Å²) in [6.07, 6.45) is 25.8. The number of aryl methyl sites for hydroxylation is 1. The van der Waals surface area contributed by atoms with Gasteiger partial charge < -0.3 is 0 Å². The third kappa shape index (κ3) is 10.1. The number of hydrogen-bond acceptors (Lipinski definition) is 1. The van der Waals surface area contributed by atoms with E-state index in [9.17, 15) is 0 Å². The third-order valence-corrected chi connectivity index (χ3v) is 7.44. The van der Waals surface area contributed by atoms with Crippen LogP contribution in [0.25, 0.3) is 0 Å². The van der Waals surface area contributed by atoms with E-state index in [1.54, 1.807) is 0 Å². The van der Waals surface area contributed by atoms with Gasteiger partial charge in [0.25, 0.3) is 0 Å². The standard InChI is InChI=1S/C28H49N/c1-4-6-7-8-13-16-26-19-22-28(29-23-26)27-20-17-25(18-21-27)15-12-10-9-11-14-24(3)5-2/h19,22-25,27H,4-18,20-21H2,1-3H3/t24-,25-,27-/m0/s1. The van der Waals surface area contributed by atoms with Crippen LogP contribution in [-0.4, -0.2) is 4.98 Å². The van der Waals surface area contributed by atoms with Crippen LogP contribution in [0, 0.1) is 11.8 Å². The smallest absolute Gasteiger partial charge is 0.0434 e. The number of nitrogens with zero attached hydrogens (tertiary/aromatic N) is 1. The molecule has 0 spiro atoms. The zero-order valence-corrected chi connectivity index (χ0v) is 19.9. The van der Waals surface area contributed by atoms with Crippen LogP contribution in [0.3, 0.4) is 0 Å². The third-order valence-electron chi connectivity index (χ3n) is 7.44. The van der Waals surface area contributed by atoms with Crippen molar-refractivity contribution in [2.75, 3.05) is 0 Å². The molecule has 1 fully saturated rings. The van der Waals surface area contributed by atoms with E-state index in [2.05, 4.69) is 39.1 Å². The van der Waals surface area contributed by atoms with Crippen LogP contribution < -0.4 is 0 Å². The number of hydrogen-bond donors (Lipinski definition) is 0. The molecule has 1 atom stereocenters. The molecule has 0 radical (unpaired) electrons. The van der Waals surface area contributed by atoms with Crippen molar-refractivity contribution in [1.29, 1.82) is 0 Å². The molecule has 0 saturated heterocycles. The summed E-state index contributed by atoms with van der Waals surface area (Å²) >= 11 is 0. The first-order valence-corrected chi connectivity index (χ1v) is 13.2. The molecule has 1 aliphatic carbocycles. The van der Waals surface area contributed by atoms with Crippen molar-refractivity contribution in [1.82, 2.24) is 4.98 Å². The Morgan fingerprint density at radius 1 is 0.862 bits per heavy atom. The molecule has 29 heavy (non-hydrogen) atoms. The summed E-state index contributed by atoms with van der Waals surface area (Å²) in [5.41, 5.74) is 2.80. The van der Waals surface area contributed by atoms with Crippen LogP contribution in [0.2, 0.25) is 0 Å². The van der Waals surface area contributed by atoms with Gasteiger partial charge in [-0.1, -0.05) is 97.5 Å². The van der Waals surface area contributed by atoms with Gasteiger partial charge in [0.15, 0.2) is 0 Å². The molecular weight excluding hydrogens is 350 g/mol. The first-order valence-electron chi connectivity index (χ1n) is 13.2. The molecule has 1 nitrogen and oxygen atoms in total. The van der Waals surface area contributed by atoms with Crippen molar-refractivity contribution in [2.45, 2.75) is 136 Å². The van der Waals surface area contributed by atoms with E-state index in [0.29, 0.717) is 0 Å². The number of rotatable bonds is 15. The Hall–Kier alpha value is -0.850. The maximum absolute atomic E-state index is 4.86. The molecule has 1 saturated carbocycles. The van der Waals surface area contributed by atoms with Crippen LogP contribution in [0.15, 0.2) is 18.3 Å². The summed E-state index contributed by atoms with van der Waals surface area (Å²) < 4.78 is 0. The van der Waals surface area contributed by atoms with Crippen molar-refractivity contribution < 1.29 is 0 Å². The number of pyridine rings is 1. The van der Waals surface area contributed by atoms with Gasteiger partial charge in [0.2, 0.25) is 0 Å². The van der Waals surface area contributed by atoms with Gasteiger partial charge in [-0.15, -0.1) is 0 Å². The second-order valence-electron chi connectivity index (χ2n) is 9.98. The van der Waals surface area contributed by atoms with Crippen LogP contribution in [0.5, 0.6) is 0 Å². The molecule has 1 heteroatoms. The summed E-state index contributed by atoms with van der Waals surface area (Å²) in [6, 6.07) is 4.69. The second-order valence-corrected chi connectivity index (χ2v) is 9.98. The summed E-state index contributed by atoms with van der Waals surface area (Å²) in [5, 5.41) is 0. The Morgan fingerprint density at radius 2 is 1.59 bits per heavy atom. The average molecular weight is 400 g/mol. The Morgan fingerprint density at radius 3 is 2.28 bits per heavy atom. The normalized spacial score (nSPS) is 20.7. The first-order chi connectivity index (χ1) is 14.2. The topological polar surface area (TPSA) is 12.9 Å². The molecule has 1 aromatic rings. The lowest BCUT2D eigenvalue weighted by Gasteiger charge is -2.28. The first kappa shape index (κ1) is 24.4. The monoisotopic (exact) mass is 399 g/mol. The maximum atomic E-state index is 4.86. The fraction of sp³-hybridized carbons (Fsp3) is 0.821. The predicted octanol–water partition coefficient (Wildman–Crippen LogP) is 9.25. The van der Waals surface area contributed by atoms with E-state index in [4.69, 9.17) is 4.98 Å². The van der Waals surface area contributed by atoms with E-state index in [1.165, 1.54) is 120 Å². The highest BCUT2D eigenvalue weighted by Crippen LogP contribution is 2.37. The van der Waals surface area contributed by atoms with Gasteiger partial charge in [-0.05, 0) is 62.0 Å². The van der Waals surface area contributed by atoms with Crippen LogP contribution in [0.4, 0.5) is 0 Å². The number of aromatic nitrogens is 1. The molecule has 0 unspecified atom stereocenters. The summed E-state index contributed by atoms with van der Waals surface area (Å²) in [5.74, 6) is 2.64. The summed E-state index contributed by atoms with van der Waals surface area (Å²) in [7, 11) is 0. The van der Waals surface area contributed by atoms with E-state index < -0.39 is 0 Å². The molecule has 2 rings (SSSR count). The lowest BCUT2D eigenvalue weighted by Crippen LogP contribution is -2.14. The molecule has 0 aromatic carbocycles. The minimum atomic E-state index is 0.723. The van der Waals surface area contributed by atoms with Crippen molar-refractivity contribution >= 4 is 0 Å². The van der Waals surface area contributed by atoms with Crippen LogP contribution in [0.1, 0.15) is 141 Å². The van der Waals surface area contributed by atoms with Crippen LogP contribution in [-0.2, 0) is 6.42 Å². The second kappa shape index (κ2) is 15.0. The van der Waals surface area contributed by atoms with Gasteiger partial charge in [-0.2, -0.15) is 0 Å².